The Bertz CT molecular complexity index is 370. The third-order valence-corrected chi connectivity index (χ3v) is 3.37. The summed E-state index contributed by atoms with van der Waals surface area (Å²) in [6.45, 7) is 10.1. The van der Waals surface area contributed by atoms with E-state index in [-0.39, 0.29) is 11.2 Å². The standard InChI is InChI=1S/C11H19N3OS/c1-10(2)6-14(7-11(3,4)15-10)9-13-5-8(12)16-9/h5H,6-7,12H2,1-4H3. The van der Waals surface area contributed by atoms with Crippen molar-refractivity contribution in [2.75, 3.05) is 23.7 Å². The first-order chi connectivity index (χ1) is 7.27. The summed E-state index contributed by atoms with van der Waals surface area (Å²) in [5, 5.41) is 1.75. The highest BCUT2D eigenvalue weighted by Crippen LogP contribution is 2.33. The van der Waals surface area contributed by atoms with E-state index >= 15 is 0 Å². The van der Waals surface area contributed by atoms with Gasteiger partial charge in [-0.3, -0.25) is 0 Å². The van der Waals surface area contributed by atoms with Crippen LogP contribution in [0.3, 0.4) is 0 Å². The minimum Gasteiger partial charge on any atom is -0.389 e. The summed E-state index contributed by atoms with van der Waals surface area (Å²) in [4.78, 5) is 6.59. The second-order valence-corrected chi connectivity index (χ2v) is 6.56. The Hall–Kier alpha value is -0.810. The van der Waals surface area contributed by atoms with Gasteiger partial charge in [0.15, 0.2) is 5.13 Å². The van der Waals surface area contributed by atoms with Gasteiger partial charge in [0.05, 0.1) is 17.4 Å². The number of hydrogen-bond donors (Lipinski definition) is 1. The largest absolute Gasteiger partial charge is 0.389 e. The van der Waals surface area contributed by atoms with E-state index < -0.39 is 0 Å². The number of rotatable bonds is 1. The molecule has 0 radical (unpaired) electrons. The average molecular weight is 241 g/mol. The first kappa shape index (κ1) is 11.7. The number of ether oxygens (including phenoxy) is 1. The highest BCUT2D eigenvalue weighted by atomic mass is 32.1. The van der Waals surface area contributed by atoms with E-state index in [1.807, 2.05) is 0 Å². The van der Waals surface area contributed by atoms with Gasteiger partial charge in [-0.25, -0.2) is 4.98 Å². The zero-order valence-electron chi connectivity index (χ0n) is 10.3. The molecule has 0 spiro atoms. The zero-order valence-corrected chi connectivity index (χ0v) is 11.1. The molecule has 2 rings (SSSR count). The SMILES string of the molecule is CC1(C)CN(c2ncc(N)s2)CC(C)(C)O1. The fourth-order valence-corrected chi connectivity index (χ4v) is 3.03. The van der Waals surface area contributed by atoms with Crippen molar-refractivity contribution < 1.29 is 4.74 Å². The summed E-state index contributed by atoms with van der Waals surface area (Å²) >= 11 is 1.53. The summed E-state index contributed by atoms with van der Waals surface area (Å²) in [6.07, 6.45) is 1.72. The van der Waals surface area contributed by atoms with Crippen molar-refractivity contribution in [3.63, 3.8) is 0 Å². The van der Waals surface area contributed by atoms with E-state index in [1.165, 1.54) is 11.3 Å². The molecule has 1 aliphatic heterocycles. The number of hydrogen-bond acceptors (Lipinski definition) is 5. The fourth-order valence-electron chi connectivity index (χ4n) is 2.35. The number of thiazole rings is 1. The maximum absolute atomic E-state index is 6.02. The molecule has 0 aliphatic carbocycles. The Morgan fingerprint density at radius 3 is 2.31 bits per heavy atom. The van der Waals surface area contributed by atoms with Crippen LogP contribution in [-0.4, -0.2) is 29.3 Å². The third kappa shape index (κ3) is 2.47. The lowest BCUT2D eigenvalue weighted by Crippen LogP contribution is -2.57. The Kier molecular flexibility index (Phi) is 2.62. The van der Waals surface area contributed by atoms with Crippen molar-refractivity contribution in [2.24, 2.45) is 0 Å². The first-order valence-corrected chi connectivity index (χ1v) is 6.26. The lowest BCUT2D eigenvalue weighted by molar-refractivity contribution is -0.133. The highest BCUT2D eigenvalue weighted by Gasteiger charge is 2.38. The van der Waals surface area contributed by atoms with Crippen molar-refractivity contribution in [3.8, 4) is 0 Å². The molecular formula is C11H19N3OS. The smallest absolute Gasteiger partial charge is 0.187 e. The Balaban J connectivity index is 2.22. The molecule has 0 amide bonds. The Morgan fingerprint density at radius 1 is 1.31 bits per heavy atom. The van der Waals surface area contributed by atoms with Crippen LogP contribution in [-0.2, 0) is 4.74 Å². The van der Waals surface area contributed by atoms with Gasteiger partial charge >= 0.3 is 0 Å². The lowest BCUT2D eigenvalue weighted by Gasteiger charge is -2.47. The van der Waals surface area contributed by atoms with Gasteiger partial charge in [-0.15, -0.1) is 0 Å². The van der Waals surface area contributed by atoms with E-state index in [1.54, 1.807) is 6.20 Å². The van der Waals surface area contributed by atoms with Crippen molar-refractivity contribution >= 4 is 21.5 Å². The molecular weight excluding hydrogens is 222 g/mol. The molecule has 90 valence electrons. The monoisotopic (exact) mass is 241 g/mol. The molecule has 0 saturated carbocycles. The van der Waals surface area contributed by atoms with Crippen LogP contribution in [0.25, 0.3) is 0 Å². The average Bonchev–Trinajstić information content (AvgIpc) is 2.45. The van der Waals surface area contributed by atoms with Crippen LogP contribution in [0.2, 0.25) is 0 Å². The number of anilines is 2. The molecule has 16 heavy (non-hydrogen) atoms. The van der Waals surface area contributed by atoms with E-state index in [0.29, 0.717) is 0 Å². The molecule has 1 aromatic heterocycles. The van der Waals surface area contributed by atoms with Crippen LogP contribution in [0.1, 0.15) is 27.7 Å². The van der Waals surface area contributed by atoms with Gasteiger partial charge in [0.25, 0.3) is 0 Å². The van der Waals surface area contributed by atoms with Crippen LogP contribution in [0.4, 0.5) is 10.1 Å². The van der Waals surface area contributed by atoms with Crippen LogP contribution < -0.4 is 10.6 Å². The van der Waals surface area contributed by atoms with Crippen molar-refractivity contribution in [1.29, 1.82) is 0 Å². The fraction of sp³-hybridized carbons (Fsp3) is 0.727. The Morgan fingerprint density at radius 2 is 1.88 bits per heavy atom. The summed E-state index contributed by atoms with van der Waals surface area (Å²) < 4.78 is 6.02. The predicted molar refractivity (Wildman–Crippen MR) is 68.0 cm³/mol. The van der Waals surface area contributed by atoms with Crippen LogP contribution in [0.15, 0.2) is 6.20 Å². The van der Waals surface area contributed by atoms with E-state index in [0.717, 1.165) is 23.2 Å². The van der Waals surface area contributed by atoms with Gasteiger partial charge in [0.1, 0.15) is 5.00 Å². The van der Waals surface area contributed by atoms with Crippen molar-refractivity contribution in [1.82, 2.24) is 4.98 Å². The van der Waals surface area contributed by atoms with Crippen LogP contribution in [0.5, 0.6) is 0 Å². The van der Waals surface area contributed by atoms with Crippen molar-refractivity contribution in [3.05, 3.63) is 6.20 Å². The van der Waals surface area contributed by atoms with E-state index in [9.17, 15) is 0 Å². The molecule has 4 nitrogen and oxygen atoms in total. The summed E-state index contributed by atoms with van der Waals surface area (Å²) in [6, 6.07) is 0. The summed E-state index contributed by atoms with van der Waals surface area (Å²) in [7, 11) is 0. The topological polar surface area (TPSA) is 51.4 Å². The molecule has 1 fully saturated rings. The molecule has 5 heteroatoms. The normalized spacial score (nSPS) is 23.4. The second-order valence-electron chi connectivity index (χ2n) is 5.52. The van der Waals surface area contributed by atoms with E-state index in [4.69, 9.17) is 10.5 Å². The molecule has 1 aliphatic rings. The second kappa shape index (κ2) is 3.60. The molecule has 0 atom stereocenters. The van der Waals surface area contributed by atoms with Gasteiger partial charge in [0.2, 0.25) is 0 Å². The number of morpholine rings is 1. The Labute approximate surface area is 100 Å². The van der Waals surface area contributed by atoms with Crippen molar-refractivity contribution in [2.45, 2.75) is 38.9 Å². The van der Waals surface area contributed by atoms with Crippen LogP contribution in [0, 0.1) is 0 Å². The molecule has 0 aromatic carbocycles. The van der Waals surface area contributed by atoms with Crippen LogP contribution >= 0.6 is 11.3 Å². The van der Waals surface area contributed by atoms with Gasteiger partial charge in [0, 0.05) is 13.1 Å². The van der Waals surface area contributed by atoms with Gasteiger partial charge in [-0.05, 0) is 27.7 Å². The molecule has 1 aromatic rings. The van der Waals surface area contributed by atoms with Gasteiger partial charge in [-0.1, -0.05) is 11.3 Å². The van der Waals surface area contributed by atoms with Gasteiger partial charge in [-0.2, -0.15) is 0 Å². The number of nitrogens with zero attached hydrogens (tertiary/aromatic N) is 2. The minimum atomic E-state index is -0.151. The summed E-state index contributed by atoms with van der Waals surface area (Å²) in [5.41, 5.74) is 5.42. The maximum atomic E-state index is 6.02. The minimum absolute atomic E-state index is 0.151. The highest BCUT2D eigenvalue weighted by molar-refractivity contribution is 7.19. The molecule has 2 N–H and O–H groups in total. The third-order valence-electron chi connectivity index (χ3n) is 2.48. The molecule has 2 heterocycles. The maximum Gasteiger partial charge on any atom is 0.187 e. The summed E-state index contributed by atoms with van der Waals surface area (Å²) in [5.74, 6) is 0. The number of nitrogen functional groups attached to an aromatic ring is 1. The molecule has 1 saturated heterocycles. The zero-order chi connectivity index (χ0) is 12.0. The van der Waals surface area contributed by atoms with E-state index in [2.05, 4.69) is 37.6 Å². The molecule has 0 bridgehead atoms. The lowest BCUT2D eigenvalue weighted by atomic mass is 9.99. The number of nitrogens with two attached hydrogens (primary N) is 1. The quantitative estimate of drug-likeness (QED) is 0.818. The number of aromatic nitrogens is 1. The molecule has 0 unspecified atom stereocenters. The van der Waals surface area contributed by atoms with Gasteiger partial charge < -0.3 is 15.4 Å². The predicted octanol–water partition coefficient (Wildman–Crippen LogP) is 2.12. The first-order valence-electron chi connectivity index (χ1n) is 5.44.